The van der Waals surface area contributed by atoms with Gasteiger partial charge >= 0.3 is 0 Å². The first-order valence-electron chi connectivity index (χ1n) is 6.78. The van der Waals surface area contributed by atoms with Crippen LogP contribution < -0.4 is 14.8 Å². The molecule has 0 aliphatic carbocycles. The van der Waals surface area contributed by atoms with Crippen molar-refractivity contribution in [1.82, 2.24) is 5.32 Å². The third-order valence-electron chi connectivity index (χ3n) is 3.09. The molecule has 4 nitrogen and oxygen atoms in total. The maximum absolute atomic E-state index is 5.35. The van der Waals surface area contributed by atoms with Crippen molar-refractivity contribution in [3.05, 3.63) is 22.2 Å². The standard InChI is InChI=1S/C15H24BrNO3/c1-5-6-12(10-18-2)17-9-11-7-13(16)15(20-4)14(8-11)19-3/h7-8,12,17H,5-6,9-10H2,1-4H3. The van der Waals surface area contributed by atoms with Crippen molar-refractivity contribution in [1.29, 1.82) is 0 Å². The van der Waals surface area contributed by atoms with E-state index in [1.165, 1.54) is 0 Å². The van der Waals surface area contributed by atoms with Gasteiger partial charge in [0, 0.05) is 19.7 Å². The van der Waals surface area contributed by atoms with Gasteiger partial charge in [0.2, 0.25) is 0 Å². The fourth-order valence-corrected chi connectivity index (χ4v) is 2.78. The Kier molecular flexibility index (Phi) is 7.95. The minimum absolute atomic E-state index is 0.372. The maximum Gasteiger partial charge on any atom is 0.174 e. The highest BCUT2D eigenvalue weighted by atomic mass is 79.9. The van der Waals surface area contributed by atoms with Gasteiger partial charge in [0.05, 0.1) is 25.3 Å². The molecule has 1 aromatic rings. The molecule has 0 saturated carbocycles. The SMILES string of the molecule is CCCC(COC)NCc1cc(Br)c(OC)c(OC)c1. The lowest BCUT2D eigenvalue weighted by Crippen LogP contribution is -2.32. The van der Waals surface area contributed by atoms with Crippen LogP contribution in [0.1, 0.15) is 25.3 Å². The zero-order valence-electron chi connectivity index (χ0n) is 12.7. The summed E-state index contributed by atoms with van der Waals surface area (Å²) >= 11 is 3.51. The van der Waals surface area contributed by atoms with Crippen molar-refractivity contribution in [3.8, 4) is 11.5 Å². The van der Waals surface area contributed by atoms with Gasteiger partial charge in [-0.1, -0.05) is 13.3 Å². The van der Waals surface area contributed by atoms with Crippen LogP contribution in [-0.2, 0) is 11.3 Å². The van der Waals surface area contributed by atoms with E-state index in [0.29, 0.717) is 6.04 Å². The fraction of sp³-hybridized carbons (Fsp3) is 0.600. The average molecular weight is 346 g/mol. The van der Waals surface area contributed by atoms with E-state index in [1.807, 2.05) is 12.1 Å². The Morgan fingerprint density at radius 3 is 2.50 bits per heavy atom. The highest BCUT2D eigenvalue weighted by molar-refractivity contribution is 9.10. The molecule has 0 fully saturated rings. The second-order valence-corrected chi connectivity index (χ2v) is 5.49. The summed E-state index contributed by atoms with van der Waals surface area (Å²) in [7, 11) is 5.01. The molecule has 0 radical (unpaired) electrons. The molecule has 0 bridgehead atoms. The topological polar surface area (TPSA) is 39.7 Å². The minimum Gasteiger partial charge on any atom is -0.493 e. The molecule has 0 spiro atoms. The van der Waals surface area contributed by atoms with Crippen molar-refractivity contribution in [2.24, 2.45) is 0 Å². The number of nitrogens with one attached hydrogen (secondary N) is 1. The molecule has 1 N–H and O–H groups in total. The van der Waals surface area contributed by atoms with Crippen LogP contribution in [0.15, 0.2) is 16.6 Å². The van der Waals surface area contributed by atoms with Gasteiger partial charge in [-0.2, -0.15) is 0 Å². The van der Waals surface area contributed by atoms with E-state index >= 15 is 0 Å². The Labute approximate surface area is 129 Å². The van der Waals surface area contributed by atoms with Crippen LogP contribution in [0.3, 0.4) is 0 Å². The summed E-state index contributed by atoms with van der Waals surface area (Å²) in [6.07, 6.45) is 2.24. The Bertz CT molecular complexity index is 406. The van der Waals surface area contributed by atoms with Gasteiger partial charge in [-0.05, 0) is 40.0 Å². The lowest BCUT2D eigenvalue weighted by Gasteiger charge is -2.18. The molecule has 0 aliphatic rings. The summed E-state index contributed by atoms with van der Waals surface area (Å²) in [4.78, 5) is 0. The van der Waals surface area contributed by atoms with E-state index in [4.69, 9.17) is 14.2 Å². The van der Waals surface area contributed by atoms with Gasteiger partial charge in [-0.3, -0.25) is 0 Å². The van der Waals surface area contributed by atoms with E-state index in [2.05, 4.69) is 28.2 Å². The molecular formula is C15H24BrNO3. The monoisotopic (exact) mass is 345 g/mol. The molecule has 0 aliphatic heterocycles. The molecule has 0 saturated heterocycles. The van der Waals surface area contributed by atoms with Crippen molar-refractivity contribution >= 4 is 15.9 Å². The predicted molar refractivity (Wildman–Crippen MR) is 84.7 cm³/mol. The number of hydrogen-bond donors (Lipinski definition) is 1. The van der Waals surface area contributed by atoms with Gasteiger partial charge in [0.15, 0.2) is 11.5 Å². The molecule has 114 valence electrons. The summed E-state index contributed by atoms with van der Waals surface area (Å²) in [6, 6.07) is 4.41. The first-order valence-corrected chi connectivity index (χ1v) is 7.58. The lowest BCUT2D eigenvalue weighted by atomic mass is 10.1. The normalized spacial score (nSPS) is 12.2. The van der Waals surface area contributed by atoms with Crippen LogP contribution in [0, 0.1) is 0 Å². The smallest absolute Gasteiger partial charge is 0.174 e. The quantitative estimate of drug-likeness (QED) is 0.744. The molecule has 0 aromatic heterocycles. The molecule has 1 atom stereocenters. The maximum atomic E-state index is 5.35. The van der Waals surface area contributed by atoms with E-state index < -0.39 is 0 Å². The third-order valence-corrected chi connectivity index (χ3v) is 3.68. The summed E-state index contributed by atoms with van der Waals surface area (Å²) < 4.78 is 16.8. The Morgan fingerprint density at radius 1 is 1.20 bits per heavy atom. The first kappa shape index (κ1) is 17.3. The van der Waals surface area contributed by atoms with Gasteiger partial charge in [-0.15, -0.1) is 0 Å². The summed E-state index contributed by atoms with van der Waals surface area (Å²) in [5, 5.41) is 3.51. The van der Waals surface area contributed by atoms with Crippen molar-refractivity contribution < 1.29 is 14.2 Å². The van der Waals surface area contributed by atoms with Crippen LogP contribution in [0.2, 0.25) is 0 Å². The zero-order valence-corrected chi connectivity index (χ0v) is 14.2. The van der Waals surface area contributed by atoms with Gasteiger partial charge in [0.25, 0.3) is 0 Å². The fourth-order valence-electron chi connectivity index (χ4n) is 2.13. The zero-order chi connectivity index (χ0) is 15.0. The summed E-state index contributed by atoms with van der Waals surface area (Å²) in [6.45, 7) is 3.67. The van der Waals surface area contributed by atoms with Crippen LogP contribution in [0.4, 0.5) is 0 Å². The third kappa shape index (κ3) is 4.96. The number of hydrogen-bond acceptors (Lipinski definition) is 4. The molecule has 5 heteroatoms. The molecule has 20 heavy (non-hydrogen) atoms. The summed E-state index contributed by atoms with van der Waals surface area (Å²) in [5.41, 5.74) is 1.15. The molecule has 1 rings (SSSR count). The number of ether oxygens (including phenoxy) is 3. The van der Waals surface area contributed by atoms with Crippen LogP contribution in [0.5, 0.6) is 11.5 Å². The lowest BCUT2D eigenvalue weighted by molar-refractivity contribution is 0.161. The van der Waals surface area contributed by atoms with E-state index in [0.717, 1.165) is 47.5 Å². The second kappa shape index (κ2) is 9.21. The molecular weight excluding hydrogens is 322 g/mol. The second-order valence-electron chi connectivity index (χ2n) is 4.63. The van der Waals surface area contributed by atoms with Crippen molar-refractivity contribution in [2.45, 2.75) is 32.4 Å². The molecule has 0 heterocycles. The van der Waals surface area contributed by atoms with Gasteiger partial charge < -0.3 is 19.5 Å². The molecule has 1 aromatic carbocycles. The molecule has 1 unspecified atom stereocenters. The minimum atomic E-state index is 0.372. The first-order chi connectivity index (χ1) is 9.65. The van der Waals surface area contributed by atoms with Crippen LogP contribution in [-0.4, -0.2) is 34.0 Å². The average Bonchev–Trinajstić information content (AvgIpc) is 2.44. The van der Waals surface area contributed by atoms with Crippen LogP contribution in [0.25, 0.3) is 0 Å². The van der Waals surface area contributed by atoms with Gasteiger partial charge in [-0.25, -0.2) is 0 Å². The predicted octanol–water partition coefficient (Wildman–Crippen LogP) is 3.37. The largest absolute Gasteiger partial charge is 0.493 e. The Morgan fingerprint density at radius 2 is 1.95 bits per heavy atom. The Balaban J connectivity index is 2.74. The van der Waals surface area contributed by atoms with Gasteiger partial charge in [0.1, 0.15) is 0 Å². The van der Waals surface area contributed by atoms with Crippen LogP contribution >= 0.6 is 15.9 Å². The van der Waals surface area contributed by atoms with E-state index in [9.17, 15) is 0 Å². The van der Waals surface area contributed by atoms with Crippen molar-refractivity contribution in [3.63, 3.8) is 0 Å². The van der Waals surface area contributed by atoms with E-state index in [1.54, 1.807) is 21.3 Å². The number of halogens is 1. The number of rotatable bonds is 9. The highest BCUT2D eigenvalue weighted by Gasteiger charge is 2.12. The van der Waals surface area contributed by atoms with Crippen molar-refractivity contribution in [2.75, 3.05) is 27.9 Å². The number of benzene rings is 1. The highest BCUT2D eigenvalue weighted by Crippen LogP contribution is 2.36. The van der Waals surface area contributed by atoms with E-state index in [-0.39, 0.29) is 0 Å². The number of methoxy groups -OCH3 is 3. The summed E-state index contributed by atoms with van der Waals surface area (Å²) in [5.74, 6) is 1.45. The Hall–Kier alpha value is -0.780. The molecule has 0 amide bonds.